The van der Waals surface area contributed by atoms with Gasteiger partial charge in [0.2, 0.25) is 0 Å². The van der Waals surface area contributed by atoms with Gasteiger partial charge < -0.3 is 9.47 Å². The average Bonchev–Trinajstić information content (AvgIpc) is 3.35. The number of nitrogens with zero attached hydrogens (tertiary/aromatic N) is 4. The van der Waals surface area contributed by atoms with Crippen molar-refractivity contribution in [2.45, 2.75) is 37.8 Å². The van der Waals surface area contributed by atoms with E-state index in [-0.39, 0.29) is 5.82 Å². The van der Waals surface area contributed by atoms with Crippen LogP contribution in [0.2, 0.25) is 0 Å². The topological polar surface area (TPSA) is 34.0 Å². The molecule has 0 N–H and O–H groups in total. The molecule has 0 spiro atoms. The van der Waals surface area contributed by atoms with Gasteiger partial charge in [0.25, 0.3) is 0 Å². The lowest BCUT2D eigenvalue weighted by atomic mass is 9.96. The molecule has 4 nitrogen and oxygen atoms in total. The van der Waals surface area contributed by atoms with Crippen molar-refractivity contribution in [2.75, 3.05) is 13.1 Å². The van der Waals surface area contributed by atoms with Gasteiger partial charge in [-0.25, -0.2) is 9.37 Å². The first-order valence-corrected chi connectivity index (χ1v) is 9.77. The standard InChI is InChI=1S/C22H23FN4/c23-18-5-3-16(4-6-18)21-22(17-7-10-24-11-8-17)27(15-25-21)20-9-13-26-12-1-2-19(26)14-20/h3-8,10-11,15,19-20H,1-2,9,12-14H2. The third-order valence-electron chi connectivity index (χ3n) is 6.05. The third-order valence-corrected chi connectivity index (χ3v) is 6.05. The van der Waals surface area contributed by atoms with Crippen LogP contribution in [0.3, 0.4) is 0 Å². The summed E-state index contributed by atoms with van der Waals surface area (Å²) in [6.07, 6.45) is 10.6. The second-order valence-electron chi connectivity index (χ2n) is 7.60. The van der Waals surface area contributed by atoms with Crippen LogP contribution in [-0.2, 0) is 0 Å². The monoisotopic (exact) mass is 362 g/mol. The van der Waals surface area contributed by atoms with E-state index in [4.69, 9.17) is 4.98 Å². The molecule has 0 amide bonds. The molecule has 0 saturated carbocycles. The number of rotatable bonds is 3. The van der Waals surface area contributed by atoms with Gasteiger partial charge in [0, 0.05) is 42.1 Å². The van der Waals surface area contributed by atoms with Crippen molar-refractivity contribution in [1.29, 1.82) is 0 Å². The fourth-order valence-electron chi connectivity index (χ4n) is 4.71. The first-order chi connectivity index (χ1) is 13.3. The number of hydrogen-bond acceptors (Lipinski definition) is 3. The number of benzene rings is 1. The molecule has 0 aliphatic carbocycles. The van der Waals surface area contributed by atoms with E-state index in [0.717, 1.165) is 35.5 Å². The number of hydrogen-bond donors (Lipinski definition) is 0. The molecule has 1 aromatic carbocycles. The summed E-state index contributed by atoms with van der Waals surface area (Å²) in [5.74, 6) is -0.225. The second-order valence-corrected chi connectivity index (χ2v) is 7.60. The van der Waals surface area contributed by atoms with Gasteiger partial charge in [-0.05, 0) is 68.6 Å². The Hall–Kier alpha value is -2.53. The minimum absolute atomic E-state index is 0.225. The van der Waals surface area contributed by atoms with Crippen LogP contribution in [0, 0.1) is 5.82 Å². The van der Waals surface area contributed by atoms with E-state index >= 15 is 0 Å². The van der Waals surface area contributed by atoms with Gasteiger partial charge in [-0.1, -0.05) is 0 Å². The quantitative estimate of drug-likeness (QED) is 0.685. The van der Waals surface area contributed by atoms with Gasteiger partial charge in [0.1, 0.15) is 5.82 Å². The van der Waals surface area contributed by atoms with Crippen LogP contribution >= 0.6 is 0 Å². The summed E-state index contributed by atoms with van der Waals surface area (Å²) in [4.78, 5) is 11.6. The SMILES string of the molecule is Fc1ccc(-c2ncn(C3CCN4CCCC4C3)c2-c2ccncc2)cc1. The van der Waals surface area contributed by atoms with Gasteiger partial charge in [-0.2, -0.15) is 0 Å². The summed E-state index contributed by atoms with van der Waals surface area (Å²) < 4.78 is 15.8. The Kier molecular flexibility index (Phi) is 4.24. The smallest absolute Gasteiger partial charge is 0.123 e. The Balaban J connectivity index is 1.58. The number of aromatic nitrogens is 3. The molecule has 2 saturated heterocycles. The van der Waals surface area contributed by atoms with E-state index in [2.05, 4.69) is 14.5 Å². The first-order valence-electron chi connectivity index (χ1n) is 9.77. The first kappa shape index (κ1) is 16.6. The molecular formula is C22H23FN4. The van der Waals surface area contributed by atoms with Crippen molar-refractivity contribution < 1.29 is 4.39 Å². The molecule has 2 atom stereocenters. The summed E-state index contributed by atoms with van der Waals surface area (Å²) in [5.41, 5.74) is 4.08. The van der Waals surface area contributed by atoms with Crippen molar-refractivity contribution in [3.63, 3.8) is 0 Å². The fourth-order valence-corrected chi connectivity index (χ4v) is 4.71. The predicted octanol–water partition coefficient (Wildman–Crippen LogP) is 4.55. The van der Waals surface area contributed by atoms with E-state index in [1.807, 2.05) is 43.0 Å². The van der Waals surface area contributed by atoms with Crippen molar-refractivity contribution in [3.05, 3.63) is 60.9 Å². The summed E-state index contributed by atoms with van der Waals surface area (Å²) >= 11 is 0. The van der Waals surface area contributed by atoms with E-state index in [1.165, 1.54) is 37.9 Å². The Morgan fingerprint density at radius 3 is 2.52 bits per heavy atom. The molecule has 2 aliphatic heterocycles. The van der Waals surface area contributed by atoms with Crippen molar-refractivity contribution >= 4 is 0 Å². The minimum Gasteiger partial charge on any atom is -0.327 e. The minimum atomic E-state index is -0.225. The Morgan fingerprint density at radius 1 is 0.889 bits per heavy atom. The lowest BCUT2D eigenvalue weighted by Gasteiger charge is -2.36. The summed E-state index contributed by atoms with van der Waals surface area (Å²) in [6.45, 7) is 2.41. The highest BCUT2D eigenvalue weighted by atomic mass is 19.1. The van der Waals surface area contributed by atoms with E-state index in [1.54, 1.807) is 0 Å². The van der Waals surface area contributed by atoms with Gasteiger partial charge in [0.05, 0.1) is 17.7 Å². The van der Waals surface area contributed by atoms with Crippen LogP contribution in [0.1, 0.15) is 31.7 Å². The average molecular weight is 362 g/mol. The lowest BCUT2D eigenvalue weighted by molar-refractivity contribution is 0.156. The highest BCUT2D eigenvalue weighted by molar-refractivity contribution is 5.78. The normalized spacial score (nSPS) is 22.7. The van der Waals surface area contributed by atoms with Gasteiger partial charge in [-0.15, -0.1) is 0 Å². The number of fused-ring (bicyclic) bond motifs is 1. The number of halogens is 1. The molecule has 2 aromatic heterocycles. The van der Waals surface area contributed by atoms with Crippen LogP contribution in [0.5, 0.6) is 0 Å². The maximum atomic E-state index is 13.4. The zero-order chi connectivity index (χ0) is 18.2. The molecule has 2 aliphatic rings. The summed E-state index contributed by atoms with van der Waals surface area (Å²) in [7, 11) is 0. The number of pyridine rings is 1. The Morgan fingerprint density at radius 2 is 1.70 bits per heavy atom. The molecule has 3 aromatic rings. The lowest BCUT2D eigenvalue weighted by Crippen LogP contribution is -2.38. The van der Waals surface area contributed by atoms with Crippen LogP contribution in [-0.4, -0.2) is 38.6 Å². The summed E-state index contributed by atoms with van der Waals surface area (Å²) in [6, 6.07) is 11.8. The molecule has 0 radical (unpaired) electrons. The molecule has 0 bridgehead atoms. The number of imidazole rings is 1. The molecule has 27 heavy (non-hydrogen) atoms. The molecule has 2 fully saturated rings. The molecular weight excluding hydrogens is 339 g/mol. The molecule has 4 heterocycles. The largest absolute Gasteiger partial charge is 0.327 e. The third kappa shape index (κ3) is 3.06. The second kappa shape index (κ2) is 6.89. The molecule has 138 valence electrons. The molecule has 5 heteroatoms. The van der Waals surface area contributed by atoms with Crippen molar-refractivity contribution in [2.24, 2.45) is 0 Å². The Labute approximate surface area is 158 Å². The number of piperidine rings is 1. The van der Waals surface area contributed by atoms with Gasteiger partial charge in [-0.3, -0.25) is 4.98 Å². The maximum Gasteiger partial charge on any atom is 0.123 e. The van der Waals surface area contributed by atoms with Crippen LogP contribution < -0.4 is 0 Å². The fraction of sp³-hybridized carbons (Fsp3) is 0.364. The summed E-state index contributed by atoms with van der Waals surface area (Å²) in [5, 5.41) is 0. The maximum absolute atomic E-state index is 13.4. The predicted molar refractivity (Wildman–Crippen MR) is 104 cm³/mol. The van der Waals surface area contributed by atoms with Crippen LogP contribution in [0.15, 0.2) is 55.1 Å². The van der Waals surface area contributed by atoms with E-state index < -0.39 is 0 Å². The molecule has 2 unspecified atom stereocenters. The van der Waals surface area contributed by atoms with Crippen molar-refractivity contribution in [1.82, 2.24) is 19.4 Å². The Bertz CT molecular complexity index is 919. The zero-order valence-corrected chi connectivity index (χ0v) is 15.3. The van der Waals surface area contributed by atoms with E-state index in [9.17, 15) is 4.39 Å². The van der Waals surface area contributed by atoms with Gasteiger partial charge in [0.15, 0.2) is 0 Å². The van der Waals surface area contributed by atoms with Crippen LogP contribution in [0.4, 0.5) is 4.39 Å². The molecule has 5 rings (SSSR count). The highest BCUT2D eigenvalue weighted by Crippen LogP contribution is 2.39. The van der Waals surface area contributed by atoms with Gasteiger partial charge >= 0.3 is 0 Å². The zero-order valence-electron chi connectivity index (χ0n) is 15.3. The van der Waals surface area contributed by atoms with E-state index in [0.29, 0.717) is 12.1 Å². The highest BCUT2D eigenvalue weighted by Gasteiger charge is 2.33. The van der Waals surface area contributed by atoms with Crippen molar-refractivity contribution in [3.8, 4) is 22.5 Å². The van der Waals surface area contributed by atoms with Crippen LogP contribution in [0.25, 0.3) is 22.5 Å².